The van der Waals surface area contributed by atoms with E-state index in [-0.39, 0.29) is 16.2 Å². The van der Waals surface area contributed by atoms with Crippen LogP contribution in [0.25, 0.3) is 0 Å². The van der Waals surface area contributed by atoms with Crippen molar-refractivity contribution in [3.63, 3.8) is 0 Å². The monoisotopic (exact) mass is 484 g/mol. The highest BCUT2D eigenvalue weighted by Gasteiger charge is 2.50. The van der Waals surface area contributed by atoms with Crippen molar-refractivity contribution in [3.8, 4) is 0 Å². The summed E-state index contributed by atoms with van der Waals surface area (Å²) in [7, 11) is -8.87. The van der Waals surface area contributed by atoms with E-state index in [0.717, 1.165) is 13.0 Å². The number of carboxylic acid groups (broad SMARTS) is 1. The van der Waals surface area contributed by atoms with Crippen LogP contribution in [0, 0.1) is 0 Å². The van der Waals surface area contributed by atoms with Crippen molar-refractivity contribution >= 4 is 25.6 Å². The summed E-state index contributed by atoms with van der Waals surface area (Å²) in [6.07, 6.45) is 2.15. The summed E-state index contributed by atoms with van der Waals surface area (Å²) in [5, 5.41) is 9.38. The summed E-state index contributed by atoms with van der Waals surface area (Å²) in [5.74, 6) is -1.81. The number of sulfone groups is 2. The van der Waals surface area contributed by atoms with Crippen LogP contribution >= 0.6 is 0 Å². The van der Waals surface area contributed by atoms with E-state index in [0.29, 0.717) is 5.56 Å². The van der Waals surface area contributed by atoms with Crippen LogP contribution in [0.4, 0.5) is 0 Å². The Kier molecular flexibility index (Phi) is 7.19. The second-order valence-corrected chi connectivity index (χ2v) is 12.5. The molecule has 0 radical (unpaired) electrons. The van der Waals surface area contributed by atoms with E-state index in [1.807, 2.05) is 0 Å². The second-order valence-electron chi connectivity index (χ2n) is 7.62. The standard InChI is InChI=1S/C25H24O6S2/c1-25(32(28,29)22-13-7-3-8-14-22,33(30,31)23-15-9-4-10-16-23)18-17-21(19-24(26)27)20-11-5-2-6-12-20/h2-18,21H,19H2,1H3,(H,26,27)/b18-17+/t21-/m1/s1. The van der Waals surface area contributed by atoms with Gasteiger partial charge in [0.25, 0.3) is 0 Å². The molecule has 0 aliphatic rings. The van der Waals surface area contributed by atoms with Crippen molar-refractivity contribution in [1.29, 1.82) is 0 Å². The number of benzene rings is 3. The Morgan fingerprint density at radius 3 is 1.58 bits per heavy atom. The van der Waals surface area contributed by atoms with Crippen LogP contribution in [-0.2, 0) is 24.5 Å². The first-order chi connectivity index (χ1) is 15.6. The highest BCUT2D eigenvalue weighted by molar-refractivity contribution is 8.10. The highest BCUT2D eigenvalue weighted by Crippen LogP contribution is 2.38. The van der Waals surface area contributed by atoms with Crippen molar-refractivity contribution in [3.05, 3.63) is 109 Å². The van der Waals surface area contributed by atoms with Crippen LogP contribution in [0.1, 0.15) is 24.8 Å². The fraction of sp³-hybridized carbons (Fsp3) is 0.160. The average molecular weight is 485 g/mol. The van der Waals surface area contributed by atoms with Gasteiger partial charge < -0.3 is 5.11 Å². The van der Waals surface area contributed by atoms with Gasteiger partial charge in [0, 0.05) is 5.92 Å². The molecular weight excluding hydrogens is 460 g/mol. The molecule has 0 bridgehead atoms. The predicted octanol–water partition coefficient (Wildman–Crippen LogP) is 4.47. The topological polar surface area (TPSA) is 106 Å². The van der Waals surface area contributed by atoms with Crippen molar-refractivity contribution in [2.45, 2.75) is 33.1 Å². The number of carboxylic acids is 1. The summed E-state index contributed by atoms with van der Waals surface area (Å²) < 4.78 is 52.4. The second kappa shape index (κ2) is 9.72. The molecule has 0 amide bonds. The molecule has 1 atom stereocenters. The van der Waals surface area contributed by atoms with E-state index in [1.165, 1.54) is 54.6 Å². The average Bonchev–Trinajstić information content (AvgIpc) is 2.82. The van der Waals surface area contributed by atoms with Crippen molar-refractivity contribution < 1.29 is 26.7 Å². The van der Waals surface area contributed by atoms with E-state index in [4.69, 9.17) is 0 Å². The molecule has 0 unspecified atom stereocenters. The zero-order valence-electron chi connectivity index (χ0n) is 17.9. The van der Waals surface area contributed by atoms with Gasteiger partial charge in [-0.05, 0) is 36.8 Å². The number of carbonyl (C=O) groups is 1. The third-order valence-corrected chi connectivity index (χ3v) is 10.9. The van der Waals surface area contributed by atoms with Crippen LogP contribution in [0.2, 0.25) is 0 Å². The molecule has 0 fully saturated rings. The molecule has 3 rings (SSSR count). The molecule has 3 aromatic rings. The number of aliphatic carboxylic acids is 1. The molecule has 0 heterocycles. The smallest absolute Gasteiger partial charge is 0.304 e. The number of allylic oxidation sites excluding steroid dienone is 1. The fourth-order valence-corrected chi connectivity index (χ4v) is 7.68. The number of hydrogen-bond acceptors (Lipinski definition) is 5. The van der Waals surface area contributed by atoms with Crippen molar-refractivity contribution in [1.82, 2.24) is 0 Å². The molecule has 0 saturated carbocycles. The van der Waals surface area contributed by atoms with Gasteiger partial charge in [0.05, 0.1) is 16.2 Å². The zero-order valence-corrected chi connectivity index (χ0v) is 19.5. The summed E-state index contributed by atoms with van der Waals surface area (Å²) in [4.78, 5) is 11.2. The maximum atomic E-state index is 13.7. The first-order valence-corrected chi connectivity index (χ1v) is 13.1. The minimum Gasteiger partial charge on any atom is -0.481 e. The van der Waals surface area contributed by atoms with Crippen LogP contribution in [-0.4, -0.2) is 32.0 Å². The van der Waals surface area contributed by atoms with E-state index < -0.39 is 35.6 Å². The van der Waals surface area contributed by atoms with Gasteiger partial charge in [0.2, 0.25) is 19.7 Å². The minimum atomic E-state index is -4.43. The lowest BCUT2D eigenvalue weighted by molar-refractivity contribution is -0.137. The van der Waals surface area contributed by atoms with Gasteiger partial charge >= 0.3 is 5.97 Å². The molecule has 8 heteroatoms. The Morgan fingerprint density at radius 1 is 0.788 bits per heavy atom. The molecule has 6 nitrogen and oxygen atoms in total. The van der Waals surface area contributed by atoms with Crippen LogP contribution in [0.5, 0.6) is 0 Å². The SMILES string of the molecule is CC(/C=C/[C@H](CC(=O)O)c1ccccc1)(S(=O)(=O)c1ccccc1)S(=O)(=O)c1ccccc1. The lowest BCUT2D eigenvalue weighted by atomic mass is 9.95. The Hall–Kier alpha value is -3.23. The molecule has 0 aliphatic heterocycles. The van der Waals surface area contributed by atoms with Crippen molar-refractivity contribution in [2.75, 3.05) is 0 Å². The lowest BCUT2D eigenvalue weighted by Crippen LogP contribution is -2.42. The van der Waals surface area contributed by atoms with Gasteiger partial charge in [-0.2, -0.15) is 0 Å². The number of hydrogen-bond donors (Lipinski definition) is 1. The molecule has 33 heavy (non-hydrogen) atoms. The van der Waals surface area contributed by atoms with Crippen LogP contribution in [0.3, 0.4) is 0 Å². The maximum absolute atomic E-state index is 13.7. The van der Waals surface area contributed by atoms with Gasteiger partial charge in [0.1, 0.15) is 0 Å². The highest BCUT2D eigenvalue weighted by atomic mass is 32.3. The first-order valence-electron chi connectivity index (χ1n) is 10.1. The van der Waals surface area contributed by atoms with E-state index >= 15 is 0 Å². The third-order valence-electron chi connectivity index (χ3n) is 5.43. The molecule has 3 aromatic carbocycles. The van der Waals surface area contributed by atoms with E-state index in [2.05, 4.69) is 0 Å². The van der Waals surface area contributed by atoms with Gasteiger partial charge in [0.15, 0.2) is 4.08 Å². The summed E-state index contributed by atoms with van der Waals surface area (Å²) in [6, 6.07) is 23.4. The van der Waals surface area contributed by atoms with E-state index in [1.54, 1.807) is 42.5 Å². The molecule has 0 aromatic heterocycles. The predicted molar refractivity (Wildman–Crippen MR) is 126 cm³/mol. The van der Waals surface area contributed by atoms with Gasteiger partial charge in [-0.25, -0.2) is 16.8 Å². The van der Waals surface area contributed by atoms with Crippen molar-refractivity contribution in [2.24, 2.45) is 0 Å². The summed E-state index contributed by atoms with van der Waals surface area (Å²) in [5.41, 5.74) is 0.632. The van der Waals surface area contributed by atoms with Gasteiger partial charge in [-0.3, -0.25) is 4.79 Å². The van der Waals surface area contributed by atoms with Crippen LogP contribution < -0.4 is 0 Å². The van der Waals surface area contributed by atoms with Gasteiger partial charge in [-0.1, -0.05) is 78.9 Å². The fourth-order valence-electron chi connectivity index (χ4n) is 3.47. The van der Waals surface area contributed by atoms with E-state index in [9.17, 15) is 26.7 Å². The molecule has 0 aliphatic carbocycles. The Bertz CT molecular complexity index is 1260. The first kappa shape index (κ1) is 24.4. The summed E-state index contributed by atoms with van der Waals surface area (Å²) >= 11 is 0. The quantitative estimate of drug-likeness (QED) is 0.450. The molecular formula is C25H24O6S2. The molecule has 0 saturated heterocycles. The molecule has 0 spiro atoms. The maximum Gasteiger partial charge on any atom is 0.304 e. The summed E-state index contributed by atoms with van der Waals surface area (Å²) in [6.45, 7) is 1.14. The molecule has 1 N–H and O–H groups in total. The Labute approximate surface area is 194 Å². The minimum absolute atomic E-state index is 0.147. The largest absolute Gasteiger partial charge is 0.481 e. The normalized spacial score (nSPS) is 13.6. The van der Waals surface area contributed by atoms with Gasteiger partial charge in [-0.15, -0.1) is 0 Å². The lowest BCUT2D eigenvalue weighted by Gasteiger charge is -2.27. The Morgan fingerprint density at radius 2 is 1.18 bits per heavy atom. The third kappa shape index (κ3) is 4.91. The zero-order chi connectivity index (χ0) is 24.1. The van der Waals surface area contributed by atoms with Crippen LogP contribution in [0.15, 0.2) is 113 Å². The number of rotatable bonds is 9. The Balaban J connectivity index is 2.22. The molecule has 172 valence electrons.